The molecule has 0 heterocycles. The van der Waals surface area contributed by atoms with Crippen molar-refractivity contribution in [1.29, 1.82) is 5.26 Å². The van der Waals surface area contributed by atoms with Gasteiger partial charge < -0.3 is 10.1 Å². The first-order valence-electron chi connectivity index (χ1n) is 7.49. The highest BCUT2D eigenvalue weighted by Gasteiger charge is 2.03. The zero-order valence-electron chi connectivity index (χ0n) is 12.9. The molecule has 0 atom stereocenters. The fourth-order valence-corrected chi connectivity index (χ4v) is 1.92. The summed E-state index contributed by atoms with van der Waals surface area (Å²) >= 11 is 0. The van der Waals surface area contributed by atoms with Crippen LogP contribution in [-0.2, 0) is 9.53 Å². The van der Waals surface area contributed by atoms with Crippen molar-refractivity contribution in [3.05, 3.63) is 29.8 Å². The van der Waals surface area contributed by atoms with Crippen LogP contribution in [0.4, 0.5) is 5.69 Å². The number of nitrogens with one attached hydrogen (secondary N) is 1. The largest absolute Gasteiger partial charge is 0.381 e. The van der Waals surface area contributed by atoms with E-state index in [1.807, 2.05) is 6.07 Å². The summed E-state index contributed by atoms with van der Waals surface area (Å²) in [7, 11) is 0. The number of anilines is 1. The number of hydrogen-bond acceptors (Lipinski definition) is 3. The lowest BCUT2D eigenvalue weighted by atomic mass is 10.1. The highest BCUT2D eigenvalue weighted by molar-refractivity contribution is 5.90. The van der Waals surface area contributed by atoms with Gasteiger partial charge in [0.25, 0.3) is 0 Å². The quantitative estimate of drug-likeness (QED) is 0.704. The fourth-order valence-electron chi connectivity index (χ4n) is 1.92. The van der Waals surface area contributed by atoms with Gasteiger partial charge in [-0.25, -0.2) is 0 Å². The third-order valence-electron chi connectivity index (χ3n) is 3.04. The van der Waals surface area contributed by atoms with Crippen LogP contribution in [0.15, 0.2) is 24.3 Å². The zero-order chi connectivity index (χ0) is 15.5. The van der Waals surface area contributed by atoms with Crippen LogP contribution in [0.1, 0.15) is 45.1 Å². The molecule has 4 heteroatoms. The topological polar surface area (TPSA) is 62.1 Å². The van der Waals surface area contributed by atoms with Gasteiger partial charge in [-0.05, 0) is 43.4 Å². The molecule has 1 amide bonds. The first-order chi connectivity index (χ1) is 10.1. The minimum absolute atomic E-state index is 0.0455. The van der Waals surface area contributed by atoms with Gasteiger partial charge >= 0.3 is 0 Å². The van der Waals surface area contributed by atoms with Gasteiger partial charge in [-0.1, -0.05) is 19.9 Å². The Morgan fingerprint density at radius 2 is 2.10 bits per heavy atom. The first-order valence-corrected chi connectivity index (χ1v) is 7.49. The van der Waals surface area contributed by atoms with Gasteiger partial charge in [0.2, 0.25) is 5.91 Å². The Kier molecular flexibility index (Phi) is 8.15. The van der Waals surface area contributed by atoms with E-state index in [-0.39, 0.29) is 5.91 Å². The van der Waals surface area contributed by atoms with Crippen molar-refractivity contribution in [2.24, 2.45) is 5.92 Å². The number of carbonyl (C=O) groups excluding carboxylic acids is 1. The summed E-state index contributed by atoms with van der Waals surface area (Å²) in [6.07, 6.45) is 3.40. The maximum absolute atomic E-state index is 11.7. The number of hydrogen-bond donors (Lipinski definition) is 1. The Hall–Kier alpha value is -1.86. The SMILES string of the molecule is CC(C)CCCOCCCC(=O)Nc1cccc(C#N)c1. The summed E-state index contributed by atoms with van der Waals surface area (Å²) in [6.45, 7) is 5.78. The number of nitrogens with zero attached hydrogens (tertiary/aromatic N) is 1. The Labute approximate surface area is 127 Å². The van der Waals surface area contributed by atoms with Crippen LogP contribution in [0.2, 0.25) is 0 Å². The van der Waals surface area contributed by atoms with Crippen molar-refractivity contribution in [2.45, 2.75) is 39.5 Å². The van der Waals surface area contributed by atoms with Crippen LogP contribution in [0.5, 0.6) is 0 Å². The van der Waals surface area contributed by atoms with Crippen LogP contribution in [0.25, 0.3) is 0 Å². The van der Waals surface area contributed by atoms with Crippen LogP contribution in [0.3, 0.4) is 0 Å². The van der Waals surface area contributed by atoms with E-state index in [1.54, 1.807) is 24.3 Å². The number of carbonyl (C=O) groups is 1. The van der Waals surface area contributed by atoms with Gasteiger partial charge in [0.05, 0.1) is 11.6 Å². The molecule has 0 fully saturated rings. The molecule has 0 aliphatic rings. The van der Waals surface area contributed by atoms with Crippen LogP contribution in [-0.4, -0.2) is 19.1 Å². The number of ether oxygens (including phenoxy) is 1. The standard InChI is InChI=1S/C17H24N2O2/c1-14(2)6-4-10-21-11-5-9-17(20)19-16-8-3-7-15(12-16)13-18/h3,7-8,12,14H,4-6,9-11H2,1-2H3,(H,19,20). The lowest BCUT2D eigenvalue weighted by Gasteiger charge is -2.07. The lowest BCUT2D eigenvalue weighted by molar-refractivity contribution is -0.116. The molecule has 0 aromatic heterocycles. The number of nitriles is 1. The normalized spacial score (nSPS) is 10.4. The average molecular weight is 288 g/mol. The zero-order valence-corrected chi connectivity index (χ0v) is 12.9. The highest BCUT2D eigenvalue weighted by atomic mass is 16.5. The monoisotopic (exact) mass is 288 g/mol. The van der Waals surface area contributed by atoms with E-state index in [0.717, 1.165) is 13.0 Å². The molecule has 0 unspecified atom stereocenters. The summed E-state index contributed by atoms with van der Waals surface area (Å²) in [4.78, 5) is 11.7. The second kappa shape index (κ2) is 9.95. The van der Waals surface area contributed by atoms with E-state index in [1.165, 1.54) is 6.42 Å². The summed E-state index contributed by atoms with van der Waals surface area (Å²) < 4.78 is 5.50. The molecule has 1 rings (SSSR count). The predicted octanol–water partition coefficient (Wildman–Crippen LogP) is 3.73. The van der Waals surface area contributed by atoms with E-state index in [0.29, 0.717) is 36.6 Å². The molecule has 1 N–H and O–H groups in total. The molecule has 1 aromatic rings. The van der Waals surface area contributed by atoms with Gasteiger partial charge in [-0.15, -0.1) is 0 Å². The van der Waals surface area contributed by atoms with Crippen LogP contribution < -0.4 is 5.32 Å². The molecule has 0 saturated carbocycles. The minimum atomic E-state index is -0.0455. The van der Waals surface area contributed by atoms with E-state index >= 15 is 0 Å². The molecule has 0 aliphatic heterocycles. The summed E-state index contributed by atoms with van der Waals surface area (Å²) in [5, 5.41) is 11.6. The Bertz CT molecular complexity index is 478. The molecule has 4 nitrogen and oxygen atoms in total. The summed E-state index contributed by atoms with van der Waals surface area (Å²) in [6, 6.07) is 8.96. The molecule has 0 aliphatic carbocycles. The molecule has 114 valence electrons. The lowest BCUT2D eigenvalue weighted by Crippen LogP contribution is -2.12. The molecule has 21 heavy (non-hydrogen) atoms. The summed E-state index contributed by atoms with van der Waals surface area (Å²) in [5.74, 6) is 0.666. The van der Waals surface area contributed by atoms with Gasteiger partial charge in [-0.2, -0.15) is 5.26 Å². The molecule has 0 saturated heterocycles. The molecular formula is C17H24N2O2. The van der Waals surface area contributed by atoms with Gasteiger partial charge in [0, 0.05) is 25.3 Å². The van der Waals surface area contributed by atoms with Gasteiger partial charge in [0.1, 0.15) is 0 Å². The van der Waals surface area contributed by atoms with E-state index in [9.17, 15) is 4.79 Å². The Morgan fingerprint density at radius 3 is 2.81 bits per heavy atom. The summed E-state index contributed by atoms with van der Waals surface area (Å²) in [5.41, 5.74) is 1.21. The van der Waals surface area contributed by atoms with Gasteiger partial charge in [-0.3, -0.25) is 4.79 Å². The van der Waals surface area contributed by atoms with Crippen molar-refractivity contribution in [2.75, 3.05) is 18.5 Å². The van der Waals surface area contributed by atoms with Crippen molar-refractivity contribution in [3.8, 4) is 6.07 Å². The van der Waals surface area contributed by atoms with Crippen molar-refractivity contribution in [1.82, 2.24) is 0 Å². The first kappa shape index (κ1) is 17.2. The molecule has 0 spiro atoms. The predicted molar refractivity (Wildman–Crippen MR) is 83.9 cm³/mol. The smallest absolute Gasteiger partial charge is 0.224 e. The maximum atomic E-state index is 11.7. The Balaban J connectivity index is 2.13. The maximum Gasteiger partial charge on any atom is 0.224 e. The second-order valence-electron chi connectivity index (χ2n) is 5.49. The van der Waals surface area contributed by atoms with E-state index in [4.69, 9.17) is 10.00 Å². The molecule has 0 bridgehead atoms. The van der Waals surface area contributed by atoms with Gasteiger partial charge in [0.15, 0.2) is 0 Å². The van der Waals surface area contributed by atoms with E-state index in [2.05, 4.69) is 19.2 Å². The average Bonchev–Trinajstić information content (AvgIpc) is 2.46. The van der Waals surface area contributed by atoms with Crippen molar-refractivity contribution in [3.63, 3.8) is 0 Å². The second-order valence-corrected chi connectivity index (χ2v) is 5.49. The molecule has 0 radical (unpaired) electrons. The third kappa shape index (κ3) is 8.11. The van der Waals surface area contributed by atoms with Crippen molar-refractivity contribution >= 4 is 11.6 Å². The highest BCUT2D eigenvalue weighted by Crippen LogP contribution is 2.10. The Morgan fingerprint density at radius 1 is 1.33 bits per heavy atom. The molecule has 1 aromatic carbocycles. The number of rotatable bonds is 9. The van der Waals surface area contributed by atoms with Crippen LogP contribution >= 0.6 is 0 Å². The number of amides is 1. The van der Waals surface area contributed by atoms with E-state index < -0.39 is 0 Å². The third-order valence-corrected chi connectivity index (χ3v) is 3.04. The minimum Gasteiger partial charge on any atom is -0.381 e. The van der Waals surface area contributed by atoms with Crippen molar-refractivity contribution < 1.29 is 9.53 Å². The fraction of sp³-hybridized carbons (Fsp3) is 0.529. The molecular weight excluding hydrogens is 264 g/mol. The number of benzene rings is 1. The van der Waals surface area contributed by atoms with Crippen LogP contribution in [0, 0.1) is 17.2 Å².